The number of benzene rings is 4. The van der Waals surface area contributed by atoms with Crippen LogP contribution in [0.25, 0.3) is 42.3 Å². The van der Waals surface area contributed by atoms with Gasteiger partial charge in [-0.25, -0.2) is 4.79 Å². The molecule has 8 aromatic rings. The van der Waals surface area contributed by atoms with Gasteiger partial charge in [0.25, 0.3) is 0 Å². The van der Waals surface area contributed by atoms with Gasteiger partial charge in [-0.15, -0.1) is 40.8 Å². The van der Waals surface area contributed by atoms with Gasteiger partial charge in [-0.1, -0.05) is 227 Å². The number of aliphatic hydroxyl groups excluding tert-OH is 3. The fraction of sp³-hybridized carbons (Fsp3) is 0.577. The van der Waals surface area contributed by atoms with Gasteiger partial charge in [0, 0.05) is 54.4 Å². The van der Waals surface area contributed by atoms with E-state index in [1.54, 1.807) is 57.5 Å². The molecule has 3 N–H and O–H groups in total. The Morgan fingerprint density at radius 1 is 0.364 bits per heavy atom. The number of aliphatic hydroxyl groups is 3. The number of esters is 1. The van der Waals surface area contributed by atoms with E-state index < -0.39 is 49.9 Å². The molecule has 0 aliphatic carbocycles. The zero-order valence-electron chi connectivity index (χ0n) is 59.2. The zero-order valence-corrected chi connectivity index (χ0v) is 62.5. The van der Waals surface area contributed by atoms with Gasteiger partial charge in [0.2, 0.25) is 0 Å². The molecule has 4 aromatic carbocycles. The van der Waals surface area contributed by atoms with Crippen molar-refractivity contribution in [2.75, 3.05) is 26.4 Å². The van der Waals surface area contributed by atoms with Gasteiger partial charge >= 0.3 is 11.9 Å². The lowest BCUT2D eigenvalue weighted by molar-refractivity contribution is -0.258. The predicted molar refractivity (Wildman–Crippen MR) is 401 cm³/mol. The number of nitrogens with zero attached hydrogens (tertiary/aromatic N) is 8. The molecule has 538 valence electrons. The molecule has 99 heavy (non-hydrogen) atoms. The average Bonchev–Trinajstić information content (AvgIpc) is 1.00. The van der Waals surface area contributed by atoms with Gasteiger partial charge in [-0.2, -0.15) is 0 Å². The molecule has 4 heterocycles. The van der Waals surface area contributed by atoms with E-state index in [1.807, 2.05) is 84.9 Å². The highest BCUT2D eigenvalue weighted by Crippen LogP contribution is 2.37. The summed E-state index contributed by atoms with van der Waals surface area (Å²) in [4.78, 5) is 14.7. The van der Waals surface area contributed by atoms with Crippen LogP contribution in [0.3, 0.4) is 0 Å². The van der Waals surface area contributed by atoms with Crippen molar-refractivity contribution in [1.82, 2.24) is 40.8 Å². The van der Waals surface area contributed by atoms with Crippen molar-refractivity contribution in [3.63, 3.8) is 0 Å². The van der Waals surface area contributed by atoms with E-state index >= 15 is 0 Å². The fourth-order valence-corrected chi connectivity index (χ4v) is 15.1. The Labute approximate surface area is 604 Å². The van der Waals surface area contributed by atoms with Crippen molar-refractivity contribution < 1.29 is 43.8 Å². The Balaban J connectivity index is 1.10. The molecule has 1 atom stereocenters. The van der Waals surface area contributed by atoms with Crippen LogP contribution >= 0.6 is 45.3 Å². The molecule has 0 radical (unpaired) electrons. The quantitative estimate of drug-likeness (QED) is 0.0183. The first-order valence-electron chi connectivity index (χ1n) is 37.0. The first-order valence-corrected chi connectivity index (χ1v) is 40.3. The standard InChI is InChI=1S/C78H108N8O9S4/c1-5-9-13-17-21-25-29-33-68-79-83-72(96-68)59-37-45-63(46-38-59)92-67(76(90)91-58-77(55-87,56-88)57-89)53-54-78(93-64-47-39-60(40-48-64)73-84-80-69(97-73)34-30-26-22-18-14-10-6-2,94-65-49-41-61(42-50-65)74-85-81-70(98-74)35-31-27-23-19-15-11-7-3)95-66-51-43-62(44-52-66)75-86-82-71(99-75)36-32-28-24-20-16-12-8-4/h37-52,67,87-89H,5-36,53-58H2,1-4H3. The van der Waals surface area contributed by atoms with E-state index in [0.29, 0.717) is 23.0 Å². The monoisotopic (exact) mass is 1430 g/mol. The minimum Gasteiger partial charge on any atom is -0.479 e. The number of unbranched alkanes of at least 4 members (excludes halogenated alkanes) is 24. The minimum atomic E-state index is -2.03. The minimum absolute atomic E-state index is 0.123. The average molecular weight is 1430 g/mol. The second-order valence-electron chi connectivity index (χ2n) is 26.3. The Morgan fingerprint density at radius 3 is 0.899 bits per heavy atom. The molecule has 21 heteroatoms. The van der Waals surface area contributed by atoms with Crippen molar-refractivity contribution >= 4 is 51.3 Å². The molecule has 0 aliphatic rings. The summed E-state index contributed by atoms with van der Waals surface area (Å²) in [7, 11) is 0. The Bertz CT molecular complexity index is 3210. The lowest BCUT2D eigenvalue weighted by Gasteiger charge is -2.35. The van der Waals surface area contributed by atoms with Gasteiger partial charge in [-0.05, 0) is 123 Å². The highest BCUT2D eigenvalue weighted by molar-refractivity contribution is 7.15. The first kappa shape index (κ1) is 78.4. The smallest absolute Gasteiger partial charge is 0.417 e. The maximum atomic E-state index is 14.7. The van der Waals surface area contributed by atoms with Gasteiger partial charge in [0.15, 0.2) is 6.10 Å². The zero-order chi connectivity index (χ0) is 69.6. The van der Waals surface area contributed by atoms with Crippen molar-refractivity contribution in [3.8, 4) is 65.3 Å². The molecule has 0 bridgehead atoms. The predicted octanol–water partition coefficient (Wildman–Crippen LogP) is 19.9. The number of hydrogen-bond acceptors (Lipinski definition) is 21. The van der Waals surface area contributed by atoms with E-state index in [-0.39, 0.29) is 12.8 Å². The number of carbonyl (C=O) groups is 1. The third-order valence-corrected chi connectivity index (χ3v) is 22.0. The molecule has 1 unspecified atom stereocenters. The van der Waals surface area contributed by atoms with E-state index in [9.17, 15) is 20.1 Å². The summed E-state index contributed by atoms with van der Waals surface area (Å²) in [5.74, 6) is -1.33. The normalized spacial score (nSPS) is 12.1. The van der Waals surface area contributed by atoms with Crippen LogP contribution in [0.1, 0.15) is 240 Å². The maximum Gasteiger partial charge on any atom is 0.417 e. The van der Waals surface area contributed by atoms with Crippen molar-refractivity contribution in [2.24, 2.45) is 5.41 Å². The SMILES string of the molecule is CCCCCCCCCc1nnc(-c2ccc(OC(CCC(Oc3ccc(-c4nnc(CCCCCCCCC)s4)cc3)(Oc3ccc(-c4nnc(CCCCCCCCC)s4)cc3)Oc3ccc(-c4nnc(CCCCCCCCC)s4)cc3)C(=O)OCC(CO)(CO)CO)cc2)s1. The van der Waals surface area contributed by atoms with E-state index in [2.05, 4.69) is 68.5 Å². The molecule has 0 fully saturated rings. The van der Waals surface area contributed by atoms with E-state index in [1.165, 1.54) is 154 Å². The largest absolute Gasteiger partial charge is 0.479 e. The van der Waals surface area contributed by atoms with Crippen molar-refractivity contribution in [1.29, 1.82) is 0 Å². The number of aromatic nitrogens is 8. The summed E-state index contributed by atoms with van der Waals surface area (Å²) in [6.45, 7) is 6.55. The fourth-order valence-electron chi connectivity index (χ4n) is 11.5. The van der Waals surface area contributed by atoms with Crippen LogP contribution in [-0.2, 0) is 35.2 Å². The highest BCUT2D eigenvalue weighted by Gasteiger charge is 2.42. The molecular weight excluding hydrogens is 1320 g/mol. The van der Waals surface area contributed by atoms with Crippen LogP contribution < -0.4 is 18.9 Å². The Morgan fingerprint density at radius 2 is 0.626 bits per heavy atom. The summed E-state index contributed by atoms with van der Waals surface area (Å²) >= 11 is 6.35. The number of hydrogen-bond donors (Lipinski definition) is 3. The van der Waals surface area contributed by atoms with Crippen LogP contribution in [0.2, 0.25) is 0 Å². The van der Waals surface area contributed by atoms with E-state index in [0.717, 1.165) is 114 Å². The van der Waals surface area contributed by atoms with Crippen LogP contribution in [0.15, 0.2) is 97.1 Å². The molecular formula is C78H108N8O9S4. The van der Waals surface area contributed by atoms with Crippen LogP contribution in [-0.4, -0.2) is 101 Å². The lowest BCUT2D eigenvalue weighted by Crippen LogP contribution is -2.49. The summed E-state index contributed by atoms with van der Waals surface area (Å²) in [6, 6.07) is 30.0. The summed E-state index contributed by atoms with van der Waals surface area (Å²) in [5, 5.41) is 74.8. The topological polar surface area (TPSA) is 227 Å². The molecule has 0 saturated heterocycles. The maximum absolute atomic E-state index is 14.7. The van der Waals surface area contributed by atoms with Gasteiger partial charge in [0.05, 0.1) is 31.7 Å². The number of ether oxygens (including phenoxy) is 5. The molecule has 0 aliphatic heterocycles. The molecule has 0 saturated carbocycles. The molecule has 4 aromatic heterocycles. The number of aryl methyl sites for hydroxylation is 4. The number of rotatable bonds is 53. The van der Waals surface area contributed by atoms with Crippen molar-refractivity contribution in [3.05, 3.63) is 117 Å². The number of carbonyl (C=O) groups excluding carboxylic acids is 1. The Kier molecular flexibility index (Phi) is 34.9. The Hall–Kier alpha value is -6.33. The third kappa shape index (κ3) is 26.9. The van der Waals surface area contributed by atoms with E-state index in [4.69, 9.17) is 23.7 Å². The second-order valence-corrected chi connectivity index (χ2v) is 30.6. The summed E-state index contributed by atoms with van der Waals surface area (Å²) in [6.07, 6.45) is 36.0. The van der Waals surface area contributed by atoms with Crippen LogP contribution in [0.4, 0.5) is 0 Å². The first-order chi connectivity index (χ1) is 48.6. The summed E-state index contributed by atoms with van der Waals surface area (Å²) in [5.41, 5.74) is 1.95. The lowest BCUT2D eigenvalue weighted by atomic mass is 9.92. The third-order valence-electron chi connectivity index (χ3n) is 17.9. The highest BCUT2D eigenvalue weighted by atomic mass is 32.1. The van der Waals surface area contributed by atoms with Gasteiger partial charge < -0.3 is 39.0 Å². The summed E-state index contributed by atoms with van der Waals surface area (Å²) < 4.78 is 33.9. The molecule has 0 spiro atoms. The van der Waals surface area contributed by atoms with Crippen LogP contribution in [0, 0.1) is 5.41 Å². The molecule has 17 nitrogen and oxygen atoms in total. The van der Waals surface area contributed by atoms with Crippen molar-refractivity contribution in [2.45, 2.75) is 258 Å². The molecule has 8 rings (SSSR count). The van der Waals surface area contributed by atoms with Gasteiger partial charge in [-0.3, -0.25) is 0 Å². The second kappa shape index (κ2) is 44.1. The van der Waals surface area contributed by atoms with Crippen LogP contribution in [0.5, 0.6) is 23.0 Å². The molecule has 0 amide bonds. The van der Waals surface area contributed by atoms with Gasteiger partial charge in [0.1, 0.15) is 69.7 Å².